The van der Waals surface area contributed by atoms with Gasteiger partial charge in [0.2, 0.25) is 5.91 Å². The van der Waals surface area contributed by atoms with E-state index in [9.17, 15) is 9.59 Å². The molecular weight excluding hydrogens is 398 g/mol. The van der Waals surface area contributed by atoms with Crippen molar-refractivity contribution in [2.24, 2.45) is 0 Å². The number of aryl methyl sites for hydroxylation is 1. The summed E-state index contributed by atoms with van der Waals surface area (Å²) in [6.45, 7) is 1.49. The molecule has 2 aromatic carbocycles. The number of hydrogen-bond acceptors (Lipinski definition) is 2. The third kappa shape index (κ3) is 4.74. The zero-order chi connectivity index (χ0) is 20.9. The summed E-state index contributed by atoms with van der Waals surface area (Å²) in [5, 5.41) is 3.37. The number of benzene rings is 2. The predicted octanol–water partition coefficient (Wildman–Crippen LogP) is 5.14. The lowest BCUT2D eigenvalue weighted by Gasteiger charge is -2.18. The molecule has 1 aliphatic heterocycles. The fraction of sp³-hybridized carbons (Fsp3) is 0.250. The van der Waals surface area contributed by atoms with Crippen molar-refractivity contribution in [3.8, 4) is 11.3 Å². The molecule has 30 heavy (non-hydrogen) atoms. The highest BCUT2D eigenvalue weighted by atomic mass is 35.5. The fourth-order valence-electron chi connectivity index (χ4n) is 3.73. The van der Waals surface area contributed by atoms with E-state index in [0.29, 0.717) is 29.1 Å². The van der Waals surface area contributed by atoms with Crippen LogP contribution < -0.4 is 5.32 Å². The lowest BCUT2D eigenvalue weighted by molar-refractivity contribution is -0.116. The van der Waals surface area contributed by atoms with Gasteiger partial charge in [-0.05, 0) is 55.2 Å². The Morgan fingerprint density at radius 1 is 1.00 bits per heavy atom. The molecule has 0 unspecified atom stereocenters. The molecule has 0 spiro atoms. The van der Waals surface area contributed by atoms with E-state index < -0.39 is 0 Å². The maximum Gasteiger partial charge on any atom is 0.256 e. The molecule has 154 valence electrons. The number of likely N-dealkylation sites (tertiary alicyclic amines) is 1. The average molecular weight is 422 g/mol. The Hall–Kier alpha value is -3.05. The Labute approximate surface area is 181 Å². The van der Waals surface area contributed by atoms with Crippen molar-refractivity contribution in [2.75, 3.05) is 18.4 Å². The minimum absolute atomic E-state index is 0.0813. The van der Waals surface area contributed by atoms with Crippen LogP contribution in [0.3, 0.4) is 0 Å². The summed E-state index contributed by atoms with van der Waals surface area (Å²) in [5.74, 6) is -0.217. The van der Waals surface area contributed by atoms with Crippen LogP contribution in [0, 0.1) is 0 Å². The minimum Gasteiger partial charge on any atom is -0.358 e. The Bertz CT molecular complexity index is 1040. The summed E-state index contributed by atoms with van der Waals surface area (Å²) < 4.78 is 0. The summed E-state index contributed by atoms with van der Waals surface area (Å²) >= 11 is 6.11. The van der Waals surface area contributed by atoms with Crippen LogP contribution in [0.5, 0.6) is 0 Å². The summed E-state index contributed by atoms with van der Waals surface area (Å²) in [4.78, 5) is 30.6. The standard InChI is InChI=1S/C24H24ClN3O2/c25-18-8-11-22(20(16-18)24(30)28-14-4-5-15-28)27-23(29)13-10-19-9-12-21(26-19)17-6-2-1-3-7-17/h1-3,6-9,11-12,16,26H,4-5,10,13-15H2,(H,27,29). The summed E-state index contributed by atoms with van der Waals surface area (Å²) in [6, 6.07) is 19.1. The van der Waals surface area contributed by atoms with Crippen LogP contribution in [-0.2, 0) is 11.2 Å². The molecule has 2 amide bonds. The van der Waals surface area contributed by atoms with E-state index in [0.717, 1.165) is 42.9 Å². The van der Waals surface area contributed by atoms with E-state index in [1.54, 1.807) is 18.2 Å². The zero-order valence-electron chi connectivity index (χ0n) is 16.7. The number of amides is 2. The molecule has 1 aliphatic rings. The molecule has 1 aromatic heterocycles. The Kier molecular flexibility index (Phi) is 6.19. The lowest BCUT2D eigenvalue weighted by atomic mass is 10.1. The second-order valence-corrected chi connectivity index (χ2v) is 7.94. The number of aromatic nitrogens is 1. The molecule has 0 radical (unpaired) electrons. The van der Waals surface area contributed by atoms with E-state index >= 15 is 0 Å². The first-order valence-electron chi connectivity index (χ1n) is 10.2. The van der Waals surface area contributed by atoms with Gasteiger partial charge in [-0.3, -0.25) is 9.59 Å². The number of halogens is 1. The second-order valence-electron chi connectivity index (χ2n) is 7.50. The average Bonchev–Trinajstić information content (AvgIpc) is 3.46. The number of rotatable bonds is 6. The highest BCUT2D eigenvalue weighted by molar-refractivity contribution is 6.31. The number of H-pyrrole nitrogens is 1. The van der Waals surface area contributed by atoms with Crippen molar-refractivity contribution in [2.45, 2.75) is 25.7 Å². The molecule has 4 rings (SSSR count). The SMILES string of the molecule is O=C(CCc1ccc(-c2ccccc2)[nH]1)Nc1ccc(Cl)cc1C(=O)N1CCCC1. The van der Waals surface area contributed by atoms with E-state index in [1.165, 1.54) is 0 Å². The first-order chi connectivity index (χ1) is 14.6. The minimum atomic E-state index is -0.136. The van der Waals surface area contributed by atoms with Gasteiger partial charge in [-0.15, -0.1) is 0 Å². The highest BCUT2D eigenvalue weighted by Gasteiger charge is 2.23. The van der Waals surface area contributed by atoms with Gasteiger partial charge in [-0.2, -0.15) is 0 Å². The Morgan fingerprint density at radius 2 is 1.77 bits per heavy atom. The van der Waals surface area contributed by atoms with Gasteiger partial charge in [0, 0.05) is 35.9 Å². The third-order valence-corrected chi connectivity index (χ3v) is 5.57. The van der Waals surface area contributed by atoms with Gasteiger partial charge in [0.15, 0.2) is 0 Å². The van der Waals surface area contributed by atoms with Crippen molar-refractivity contribution < 1.29 is 9.59 Å². The van der Waals surface area contributed by atoms with Crippen LogP contribution >= 0.6 is 11.6 Å². The van der Waals surface area contributed by atoms with Crippen LogP contribution in [0.25, 0.3) is 11.3 Å². The number of nitrogens with one attached hydrogen (secondary N) is 2. The van der Waals surface area contributed by atoms with Gasteiger partial charge in [0.05, 0.1) is 11.3 Å². The topological polar surface area (TPSA) is 65.2 Å². The van der Waals surface area contributed by atoms with E-state index in [-0.39, 0.29) is 11.8 Å². The van der Waals surface area contributed by atoms with E-state index in [2.05, 4.69) is 10.3 Å². The molecule has 0 bridgehead atoms. The van der Waals surface area contributed by atoms with Crippen molar-refractivity contribution >= 4 is 29.1 Å². The second kappa shape index (κ2) is 9.18. The largest absolute Gasteiger partial charge is 0.358 e. The Morgan fingerprint density at radius 3 is 2.53 bits per heavy atom. The Balaban J connectivity index is 1.40. The fourth-order valence-corrected chi connectivity index (χ4v) is 3.90. The molecule has 2 N–H and O–H groups in total. The lowest BCUT2D eigenvalue weighted by Crippen LogP contribution is -2.29. The summed E-state index contributed by atoms with van der Waals surface area (Å²) in [7, 11) is 0. The molecular formula is C24H24ClN3O2. The molecule has 0 atom stereocenters. The van der Waals surface area contributed by atoms with Crippen molar-refractivity contribution in [1.82, 2.24) is 9.88 Å². The molecule has 1 saturated heterocycles. The highest BCUT2D eigenvalue weighted by Crippen LogP contribution is 2.24. The molecule has 0 saturated carbocycles. The smallest absolute Gasteiger partial charge is 0.256 e. The molecule has 1 fully saturated rings. The quantitative estimate of drug-likeness (QED) is 0.578. The van der Waals surface area contributed by atoms with Gasteiger partial charge in [0.1, 0.15) is 0 Å². The van der Waals surface area contributed by atoms with Crippen LogP contribution in [0.2, 0.25) is 5.02 Å². The summed E-state index contributed by atoms with van der Waals surface area (Å²) in [5.41, 5.74) is 4.09. The molecule has 3 aromatic rings. The van der Waals surface area contributed by atoms with Crippen molar-refractivity contribution in [1.29, 1.82) is 0 Å². The van der Waals surface area contributed by atoms with E-state index in [1.807, 2.05) is 47.4 Å². The summed E-state index contributed by atoms with van der Waals surface area (Å²) in [6.07, 6.45) is 2.92. The number of carbonyl (C=O) groups is 2. The van der Waals surface area contributed by atoms with Crippen molar-refractivity contribution in [3.05, 3.63) is 76.9 Å². The van der Waals surface area contributed by atoms with E-state index in [4.69, 9.17) is 11.6 Å². The van der Waals surface area contributed by atoms with Crippen LogP contribution in [0.15, 0.2) is 60.7 Å². The first kappa shape index (κ1) is 20.2. The number of anilines is 1. The monoisotopic (exact) mass is 421 g/mol. The van der Waals surface area contributed by atoms with Crippen LogP contribution in [0.4, 0.5) is 5.69 Å². The van der Waals surface area contributed by atoms with Crippen LogP contribution in [-0.4, -0.2) is 34.8 Å². The number of hydrogen-bond donors (Lipinski definition) is 2. The maximum atomic E-state index is 12.8. The van der Waals surface area contributed by atoms with Crippen molar-refractivity contribution in [3.63, 3.8) is 0 Å². The number of carbonyl (C=O) groups excluding carboxylic acids is 2. The molecule has 0 aliphatic carbocycles. The third-order valence-electron chi connectivity index (χ3n) is 5.33. The molecule has 5 nitrogen and oxygen atoms in total. The normalized spacial score (nSPS) is 13.4. The van der Waals surface area contributed by atoms with Crippen LogP contribution in [0.1, 0.15) is 35.3 Å². The zero-order valence-corrected chi connectivity index (χ0v) is 17.4. The van der Waals surface area contributed by atoms with Gasteiger partial charge >= 0.3 is 0 Å². The maximum absolute atomic E-state index is 12.8. The predicted molar refractivity (Wildman–Crippen MR) is 120 cm³/mol. The molecule has 6 heteroatoms. The molecule has 2 heterocycles. The first-order valence-corrected chi connectivity index (χ1v) is 10.6. The van der Waals surface area contributed by atoms with Gasteiger partial charge in [0.25, 0.3) is 5.91 Å². The van der Waals surface area contributed by atoms with Gasteiger partial charge in [-0.25, -0.2) is 0 Å². The van der Waals surface area contributed by atoms with Gasteiger partial charge < -0.3 is 15.2 Å². The number of nitrogens with zero attached hydrogens (tertiary/aromatic N) is 1. The van der Waals surface area contributed by atoms with Gasteiger partial charge in [-0.1, -0.05) is 41.9 Å². The number of aromatic amines is 1.